The fourth-order valence-electron chi connectivity index (χ4n) is 1.80. The predicted molar refractivity (Wildman–Crippen MR) is 67.5 cm³/mol. The van der Waals surface area contributed by atoms with Crippen molar-refractivity contribution in [1.82, 2.24) is 4.90 Å². The van der Waals surface area contributed by atoms with E-state index in [1.54, 1.807) is 7.11 Å². The van der Waals surface area contributed by atoms with E-state index in [1.165, 1.54) is 5.56 Å². The lowest BCUT2D eigenvalue weighted by atomic mass is 10.1. The highest BCUT2D eigenvalue weighted by Crippen LogP contribution is 2.18. The molecule has 0 spiro atoms. The van der Waals surface area contributed by atoms with Gasteiger partial charge in [-0.25, -0.2) is 0 Å². The topological polar surface area (TPSA) is 38.5 Å². The summed E-state index contributed by atoms with van der Waals surface area (Å²) in [6, 6.07) is 8.13. The second-order valence-electron chi connectivity index (χ2n) is 4.35. The van der Waals surface area contributed by atoms with Crippen LogP contribution in [0.3, 0.4) is 0 Å². The van der Waals surface area contributed by atoms with Crippen LogP contribution in [-0.4, -0.2) is 32.1 Å². The Hall–Kier alpha value is -1.06. The first-order chi connectivity index (χ1) is 7.67. The summed E-state index contributed by atoms with van der Waals surface area (Å²) in [6.07, 6.45) is 0. The van der Waals surface area contributed by atoms with Crippen molar-refractivity contribution >= 4 is 0 Å². The van der Waals surface area contributed by atoms with Crippen molar-refractivity contribution in [1.29, 1.82) is 0 Å². The molecule has 0 saturated carbocycles. The molecule has 0 aliphatic heterocycles. The van der Waals surface area contributed by atoms with Crippen molar-refractivity contribution in [3.05, 3.63) is 29.8 Å². The summed E-state index contributed by atoms with van der Waals surface area (Å²) in [6.45, 7) is 4.80. The van der Waals surface area contributed by atoms with Gasteiger partial charge in [-0.05, 0) is 25.6 Å². The number of methoxy groups -OCH3 is 1. The molecule has 1 atom stereocenters. The molecular formula is C13H22N2O. The zero-order valence-corrected chi connectivity index (χ0v) is 10.4. The van der Waals surface area contributed by atoms with Crippen LogP contribution in [0.4, 0.5) is 0 Å². The van der Waals surface area contributed by atoms with Crippen molar-refractivity contribution < 1.29 is 4.74 Å². The Labute approximate surface area is 98.2 Å². The Morgan fingerprint density at radius 2 is 2.06 bits per heavy atom. The number of nitrogens with zero attached hydrogens (tertiary/aromatic N) is 1. The van der Waals surface area contributed by atoms with Crippen molar-refractivity contribution in [2.24, 2.45) is 11.7 Å². The third-order valence-corrected chi connectivity index (χ3v) is 2.66. The average molecular weight is 222 g/mol. The quantitative estimate of drug-likeness (QED) is 0.796. The second-order valence-corrected chi connectivity index (χ2v) is 4.35. The van der Waals surface area contributed by atoms with E-state index in [9.17, 15) is 0 Å². The molecule has 0 aromatic heterocycles. The fraction of sp³-hybridized carbons (Fsp3) is 0.538. The third-order valence-electron chi connectivity index (χ3n) is 2.66. The molecule has 0 fully saturated rings. The summed E-state index contributed by atoms with van der Waals surface area (Å²) < 4.78 is 5.33. The number of para-hydroxylation sites is 1. The smallest absolute Gasteiger partial charge is 0.123 e. The van der Waals surface area contributed by atoms with Gasteiger partial charge < -0.3 is 15.4 Å². The van der Waals surface area contributed by atoms with Gasteiger partial charge in [0.05, 0.1) is 7.11 Å². The molecule has 3 heteroatoms. The number of hydrogen-bond acceptors (Lipinski definition) is 3. The van der Waals surface area contributed by atoms with Crippen molar-refractivity contribution in [2.75, 3.05) is 27.2 Å². The number of nitrogens with two attached hydrogens (primary N) is 1. The van der Waals surface area contributed by atoms with Gasteiger partial charge in [-0.1, -0.05) is 25.1 Å². The van der Waals surface area contributed by atoms with Gasteiger partial charge in [-0.15, -0.1) is 0 Å². The van der Waals surface area contributed by atoms with E-state index >= 15 is 0 Å². The molecule has 0 aliphatic rings. The first-order valence-electron chi connectivity index (χ1n) is 5.68. The molecule has 3 nitrogen and oxygen atoms in total. The fourth-order valence-corrected chi connectivity index (χ4v) is 1.80. The lowest BCUT2D eigenvalue weighted by molar-refractivity contribution is 0.277. The van der Waals surface area contributed by atoms with Crippen molar-refractivity contribution in [3.63, 3.8) is 0 Å². The van der Waals surface area contributed by atoms with Gasteiger partial charge >= 0.3 is 0 Å². The second kappa shape index (κ2) is 6.51. The molecule has 0 aliphatic carbocycles. The molecule has 1 aromatic carbocycles. The number of benzene rings is 1. The van der Waals surface area contributed by atoms with Crippen LogP contribution in [0, 0.1) is 5.92 Å². The van der Waals surface area contributed by atoms with Crippen molar-refractivity contribution in [3.8, 4) is 5.75 Å². The first kappa shape index (κ1) is 13.0. The van der Waals surface area contributed by atoms with Crippen LogP contribution in [0.2, 0.25) is 0 Å². The van der Waals surface area contributed by atoms with Gasteiger partial charge in [0.15, 0.2) is 0 Å². The van der Waals surface area contributed by atoms with Gasteiger partial charge in [0.2, 0.25) is 0 Å². The van der Waals surface area contributed by atoms with E-state index in [0.717, 1.165) is 25.4 Å². The molecule has 1 aromatic rings. The average Bonchev–Trinajstić information content (AvgIpc) is 2.29. The molecule has 16 heavy (non-hydrogen) atoms. The molecule has 1 rings (SSSR count). The maximum absolute atomic E-state index is 5.62. The highest BCUT2D eigenvalue weighted by Gasteiger charge is 2.08. The number of rotatable bonds is 6. The van der Waals surface area contributed by atoms with E-state index in [1.807, 2.05) is 18.2 Å². The zero-order valence-electron chi connectivity index (χ0n) is 10.4. The minimum atomic E-state index is 0.528. The highest BCUT2D eigenvalue weighted by atomic mass is 16.5. The molecule has 0 amide bonds. The van der Waals surface area contributed by atoms with Crippen LogP contribution in [0.1, 0.15) is 12.5 Å². The SMILES string of the molecule is COc1ccccc1CN(C)CC(C)CN. The zero-order chi connectivity index (χ0) is 12.0. The molecule has 1 unspecified atom stereocenters. The van der Waals surface area contributed by atoms with Crippen molar-refractivity contribution in [2.45, 2.75) is 13.5 Å². The van der Waals surface area contributed by atoms with Crippen LogP contribution in [0.25, 0.3) is 0 Å². The Bertz CT molecular complexity index is 315. The van der Waals surface area contributed by atoms with Gasteiger partial charge in [0.1, 0.15) is 5.75 Å². The van der Waals surface area contributed by atoms with E-state index in [2.05, 4.69) is 24.9 Å². The molecule has 2 N–H and O–H groups in total. The van der Waals surface area contributed by atoms with E-state index in [0.29, 0.717) is 5.92 Å². The maximum atomic E-state index is 5.62. The lowest BCUT2D eigenvalue weighted by Gasteiger charge is -2.21. The van der Waals surface area contributed by atoms with Gasteiger partial charge in [0.25, 0.3) is 0 Å². The van der Waals surface area contributed by atoms with Gasteiger partial charge in [-0.3, -0.25) is 0 Å². The monoisotopic (exact) mass is 222 g/mol. The van der Waals surface area contributed by atoms with E-state index in [-0.39, 0.29) is 0 Å². The predicted octanol–water partition coefficient (Wildman–Crippen LogP) is 1.72. The third kappa shape index (κ3) is 3.83. The summed E-state index contributed by atoms with van der Waals surface area (Å²) in [5.74, 6) is 1.48. The van der Waals surface area contributed by atoms with E-state index < -0.39 is 0 Å². The number of hydrogen-bond donors (Lipinski definition) is 1. The summed E-state index contributed by atoms with van der Waals surface area (Å²) >= 11 is 0. The molecule has 0 radical (unpaired) electrons. The Morgan fingerprint density at radius 3 is 2.69 bits per heavy atom. The maximum Gasteiger partial charge on any atom is 0.123 e. The minimum absolute atomic E-state index is 0.528. The summed E-state index contributed by atoms with van der Waals surface area (Å²) in [7, 11) is 3.82. The molecule has 0 heterocycles. The Balaban J connectivity index is 2.58. The summed E-state index contributed by atoms with van der Waals surface area (Å²) in [5.41, 5.74) is 6.84. The minimum Gasteiger partial charge on any atom is -0.496 e. The molecule has 0 saturated heterocycles. The van der Waals surface area contributed by atoms with Gasteiger partial charge in [0, 0.05) is 18.7 Å². The van der Waals surface area contributed by atoms with Crippen LogP contribution in [0.15, 0.2) is 24.3 Å². The lowest BCUT2D eigenvalue weighted by Crippen LogP contribution is -2.28. The van der Waals surface area contributed by atoms with Gasteiger partial charge in [-0.2, -0.15) is 0 Å². The standard InChI is InChI=1S/C13H22N2O/c1-11(8-14)9-15(2)10-12-6-4-5-7-13(12)16-3/h4-7,11H,8-10,14H2,1-3H3. The summed E-state index contributed by atoms with van der Waals surface area (Å²) in [4.78, 5) is 2.27. The molecule has 0 bridgehead atoms. The van der Waals surface area contributed by atoms with Crippen LogP contribution in [0.5, 0.6) is 5.75 Å². The van der Waals surface area contributed by atoms with E-state index in [4.69, 9.17) is 10.5 Å². The molecule has 90 valence electrons. The number of ether oxygens (including phenoxy) is 1. The van der Waals surface area contributed by atoms with Crippen LogP contribution in [-0.2, 0) is 6.54 Å². The normalized spacial score (nSPS) is 12.8. The Morgan fingerprint density at radius 1 is 1.38 bits per heavy atom. The largest absolute Gasteiger partial charge is 0.496 e. The summed E-state index contributed by atoms with van der Waals surface area (Å²) in [5, 5.41) is 0. The highest BCUT2D eigenvalue weighted by molar-refractivity contribution is 5.32. The Kier molecular flexibility index (Phi) is 5.29. The van der Waals surface area contributed by atoms with Crippen LogP contribution >= 0.6 is 0 Å². The molecular weight excluding hydrogens is 200 g/mol. The van der Waals surface area contributed by atoms with Crippen LogP contribution < -0.4 is 10.5 Å². The first-order valence-corrected chi connectivity index (χ1v) is 5.68.